The highest BCUT2D eigenvalue weighted by Gasteiger charge is 2.23. The van der Waals surface area contributed by atoms with Crippen molar-refractivity contribution in [2.45, 2.75) is 24.0 Å². The minimum absolute atomic E-state index is 0.0540. The SMILES string of the molecule is COC(=O)CC1CN(Cc2ccc(SC)cc2)CCO1. The number of ether oxygens (including phenoxy) is 2. The van der Waals surface area contributed by atoms with Crippen LogP contribution in [-0.2, 0) is 20.8 Å². The first-order valence-corrected chi connectivity index (χ1v) is 7.97. The van der Waals surface area contributed by atoms with Crippen molar-refractivity contribution >= 4 is 17.7 Å². The van der Waals surface area contributed by atoms with Gasteiger partial charge in [-0.05, 0) is 24.0 Å². The lowest BCUT2D eigenvalue weighted by Gasteiger charge is -2.32. The fraction of sp³-hybridized carbons (Fsp3) is 0.533. The van der Waals surface area contributed by atoms with E-state index in [2.05, 4.69) is 35.4 Å². The zero-order chi connectivity index (χ0) is 14.4. The minimum atomic E-state index is -0.207. The second-order valence-electron chi connectivity index (χ2n) is 4.86. The first-order chi connectivity index (χ1) is 9.71. The number of nitrogens with zero attached hydrogens (tertiary/aromatic N) is 1. The molecule has 0 amide bonds. The van der Waals surface area contributed by atoms with Crippen molar-refractivity contribution in [1.29, 1.82) is 0 Å². The number of carbonyl (C=O) groups is 1. The molecule has 0 aromatic heterocycles. The van der Waals surface area contributed by atoms with Gasteiger partial charge >= 0.3 is 5.97 Å². The Balaban J connectivity index is 1.87. The van der Waals surface area contributed by atoms with E-state index >= 15 is 0 Å². The van der Waals surface area contributed by atoms with Crippen molar-refractivity contribution in [2.75, 3.05) is 33.1 Å². The topological polar surface area (TPSA) is 38.8 Å². The smallest absolute Gasteiger partial charge is 0.308 e. The van der Waals surface area contributed by atoms with Crippen LogP contribution in [0.3, 0.4) is 0 Å². The molecule has 1 unspecified atom stereocenters. The summed E-state index contributed by atoms with van der Waals surface area (Å²) < 4.78 is 10.3. The average molecular weight is 295 g/mol. The van der Waals surface area contributed by atoms with Crippen LogP contribution in [0.15, 0.2) is 29.2 Å². The Labute approximate surface area is 124 Å². The Kier molecular flexibility index (Phi) is 5.88. The molecule has 5 heteroatoms. The summed E-state index contributed by atoms with van der Waals surface area (Å²) in [4.78, 5) is 14.9. The third kappa shape index (κ3) is 4.51. The quantitative estimate of drug-likeness (QED) is 0.615. The molecule has 0 aliphatic carbocycles. The lowest BCUT2D eigenvalue weighted by atomic mass is 10.1. The molecule has 110 valence electrons. The van der Waals surface area contributed by atoms with Gasteiger partial charge in [-0.15, -0.1) is 11.8 Å². The van der Waals surface area contributed by atoms with Gasteiger partial charge in [0.15, 0.2) is 0 Å². The Hall–Kier alpha value is -1.04. The summed E-state index contributed by atoms with van der Waals surface area (Å²) in [5, 5.41) is 0. The molecule has 1 aromatic rings. The molecule has 1 aliphatic rings. The van der Waals surface area contributed by atoms with Crippen molar-refractivity contribution in [2.24, 2.45) is 0 Å². The predicted octanol–water partition coefficient (Wildman–Crippen LogP) is 2.17. The maximum atomic E-state index is 11.3. The van der Waals surface area contributed by atoms with E-state index < -0.39 is 0 Å². The molecule has 1 aromatic carbocycles. The first kappa shape index (κ1) is 15.4. The lowest BCUT2D eigenvalue weighted by Crippen LogP contribution is -2.42. The lowest BCUT2D eigenvalue weighted by molar-refractivity contribution is -0.145. The normalized spacial score (nSPS) is 19.8. The van der Waals surface area contributed by atoms with E-state index in [1.807, 2.05) is 0 Å². The van der Waals surface area contributed by atoms with Crippen LogP contribution in [0.2, 0.25) is 0 Å². The molecule has 1 aliphatic heterocycles. The van der Waals surface area contributed by atoms with Gasteiger partial charge in [0, 0.05) is 24.5 Å². The number of esters is 1. The highest BCUT2D eigenvalue weighted by Crippen LogP contribution is 2.17. The third-order valence-corrected chi connectivity index (χ3v) is 4.15. The van der Waals surface area contributed by atoms with Crippen molar-refractivity contribution in [3.63, 3.8) is 0 Å². The van der Waals surface area contributed by atoms with Crippen molar-refractivity contribution in [3.05, 3.63) is 29.8 Å². The zero-order valence-corrected chi connectivity index (χ0v) is 12.8. The summed E-state index contributed by atoms with van der Waals surface area (Å²) in [5.74, 6) is -0.207. The van der Waals surface area contributed by atoms with Crippen LogP contribution in [-0.4, -0.2) is 50.0 Å². The highest BCUT2D eigenvalue weighted by molar-refractivity contribution is 7.98. The standard InChI is InChI=1S/C15H21NO3S/c1-18-15(17)9-13-11-16(7-8-19-13)10-12-3-5-14(20-2)6-4-12/h3-6,13H,7-11H2,1-2H3. The number of benzene rings is 1. The third-order valence-electron chi connectivity index (χ3n) is 3.41. The Morgan fingerprint density at radius 1 is 1.45 bits per heavy atom. The molecule has 1 fully saturated rings. The van der Waals surface area contributed by atoms with E-state index in [0.717, 1.165) is 19.6 Å². The molecule has 0 saturated carbocycles. The zero-order valence-electron chi connectivity index (χ0n) is 12.0. The van der Waals surface area contributed by atoms with Crippen molar-refractivity contribution in [1.82, 2.24) is 4.90 Å². The van der Waals surface area contributed by atoms with Crippen LogP contribution in [0, 0.1) is 0 Å². The summed E-state index contributed by atoms with van der Waals surface area (Å²) in [6, 6.07) is 8.62. The number of thioether (sulfide) groups is 1. The number of methoxy groups -OCH3 is 1. The second-order valence-corrected chi connectivity index (χ2v) is 5.74. The van der Waals surface area contributed by atoms with Gasteiger partial charge in [-0.1, -0.05) is 12.1 Å². The fourth-order valence-corrected chi connectivity index (χ4v) is 2.71. The average Bonchev–Trinajstić information content (AvgIpc) is 2.48. The van der Waals surface area contributed by atoms with Gasteiger partial charge in [0.05, 0.1) is 26.2 Å². The number of carbonyl (C=O) groups excluding carboxylic acids is 1. The predicted molar refractivity (Wildman–Crippen MR) is 79.9 cm³/mol. The minimum Gasteiger partial charge on any atom is -0.469 e. The van der Waals surface area contributed by atoms with E-state index in [4.69, 9.17) is 9.47 Å². The van der Waals surface area contributed by atoms with Crippen LogP contribution in [0.1, 0.15) is 12.0 Å². The highest BCUT2D eigenvalue weighted by atomic mass is 32.2. The van der Waals surface area contributed by atoms with E-state index in [1.165, 1.54) is 17.6 Å². The van der Waals surface area contributed by atoms with Gasteiger partial charge < -0.3 is 9.47 Å². The van der Waals surface area contributed by atoms with E-state index in [0.29, 0.717) is 13.0 Å². The fourth-order valence-electron chi connectivity index (χ4n) is 2.31. The van der Waals surface area contributed by atoms with Gasteiger partial charge in [0.25, 0.3) is 0 Å². The number of hydrogen-bond donors (Lipinski definition) is 0. The molecular weight excluding hydrogens is 274 g/mol. The molecule has 0 N–H and O–H groups in total. The molecule has 0 bridgehead atoms. The molecule has 0 spiro atoms. The van der Waals surface area contributed by atoms with Crippen molar-refractivity contribution in [3.8, 4) is 0 Å². The van der Waals surface area contributed by atoms with Gasteiger partial charge in [-0.3, -0.25) is 9.69 Å². The van der Waals surface area contributed by atoms with Crippen LogP contribution in [0.25, 0.3) is 0 Å². The van der Waals surface area contributed by atoms with Crippen molar-refractivity contribution < 1.29 is 14.3 Å². The van der Waals surface area contributed by atoms with Gasteiger partial charge in [0.1, 0.15) is 0 Å². The maximum absolute atomic E-state index is 11.3. The number of rotatable bonds is 5. The van der Waals surface area contributed by atoms with E-state index in [-0.39, 0.29) is 12.1 Å². The molecule has 4 nitrogen and oxygen atoms in total. The molecular formula is C15H21NO3S. The van der Waals surface area contributed by atoms with Crippen LogP contribution < -0.4 is 0 Å². The molecule has 1 saturated heterocycles. The van der Waals surface area contributed by atoms with Crippen LogP contribution in [0.5, 0.6) is 0 Å². The summed E-state index contributed by atoms with van der Waals surface area (Å²) in [6.45, 7) is 3.25. The van der Waals surface area contributed by atoms with Gasteiger partial charge in [0.2, 0.25) is 0 Å². The summed E-state index contributed by atoms with van der Waals surface area (Å²) in [6.07, 6.45) is 2.36. The molecule has 0 radical (unpaired) electrons. The van der Waals surface area contributed by atoms with E-state index in [1.54, 1.807) is 11.8 Å². The summed E-state index contributed by atoms with van der Waals surface area (Å²) in [7, 11) is 1.41. The van der Waals surface area contributed by atoms with Gasteiger partial charge in [-0.25, -0.2) is 0 Å². The number of hydrogen-bond acceptors (Lipinski definition) is 5. The molecule has 1 heterocycles. The Morgan fingerprint density at radius 2 is 2.20 bits per heavy atom. The number of morpholine rings is 1. The van der Waals surface area contributed by atoms with Gasteiger partial charge in [-0.2, -0.15) is 0 Å². The molecule has 1 atom stereocenters. The summed E-state index contributed by atoms with van der Waals surface area (Å²) in [5.41, 5.74) is 1.29. The maximum Gasteiger partial charge on any atom is 0.308 e. The second kappa shape index (κ2) is 7.67. The monoisotopic (exact) mass is 295 g/mol. The first-order valence-electron chi connectivity index (χ1n) is 6.75. The molecule has 20 heavy (non-hydrogen) atoms. The summed E-state index contributed by atoms with van der Waals surface area (Å²) >= 11 is 1.75. The van der Waals surface area contributed by atoms with E-state index in [9.17, 15) is 4.79 Å². The Morgan fingerprint density at radius 3 is 2.85 bits per heavy atom. The van der Waals surface area contributed by atoms with Crippen LogP contribution >= 0.6 is 11.8 Å². The molecule has 2 rings (SSSR count). The van der Waals surface area contributed by atoms with Crippen LogP contribution in [0.4, 0.5) is 0 Å². The largest absolute Gasteiger partial charge is 0.469 e. The Bertz CT molecular complexity index is 435.